The van der Waals surface area contributed by atoms with Crippen molar-refractivity contribution in [2.45, 2.75) is 38.5 Å². The summed E-state index contributed by atoms with van der Waals surface area (Å²) in [4.78, 5) is 32.2. The van der Waals surface area contributed by atoms with Crippen molar-refractivity contribution in [2.75, 3.05) is 0 Å². The molecule has 0 atom stereocenters. The molecule has 9 heteroatoms. The van der Waals surface area contributed by atoms with Crippen molar-refractivity contribution in [3.05, 3.63) is 169 Å². The van der Waals surface area contributed by atoms with Crippen molar-refractivity contribution in [3.63, 3.8) is 0 Å². The summed E-state index contributed by atoms with van der Waals surface area (Å²) in [7, 11) is 0. The summed E-state index contributed by atoms with van der Waals surface area (Å²) in [6.45, 7) is 8.48. The Hall–Kier alpha value is -5.76. The maximum absolute atomic E-state index is 4.61. The quantitative estimate of drug-likeness (QED) is 0.117. The van der Waals surface area contributed by atoms with Crippen molar-refractivity contribution in [1.82, 2.24) is 39.9 Å². The maximum atomic E-state index is 4.61. The van der Waals surface area contributed by atoms with Gasteiger partial charge in [-0.05, 0) is 49.9 Å². The number of nitrogens with zero attached hydrogens (tertiary/aromatic N) is 4. The van der Waals surface area contributed by atoms with Crippen molar-refractivity contribution < 1.29 is 17.1 Å². The molecule has 4 heterocycles. The predicted octanol–water partition coefficient (Wildman–Crippen LogP) is 9.58. The predicted molar refractivity (Wildman–Crippen MR) is 200 cm³/mol. The molecule has 8 aromatic rings. The van der Waals surface area contributed by atoms with Gasteiger partial charge in [-0.25, -0.2) is 19.9 Å². The Labute approximate surface area is 308 Å². The number of aromatic nitrogens is 8. The van der Waals surface area contributed by atoms with Crippen molar-refractivity contribution in [3.8, 4) is 45.0 Å². The fourth-order valence-electron chi connectivity index (χ4n) is 5.84. The summed E-state index contributed by atoms with van der Waals surface area (Å²) in [6, 6.07) is 40.9. The largest absolute Gasteiger partial charge is 2.00 e. The zero-order valence-corrected chi connectivity index (χ0v) is 29.9. The minimum atomic E-state index is -0.347. The van der Waals surface area contributed by atoms with E-state index in [2.05, 4.69) is 116 Å². The molecule has 0 spiro atoms. The third-order valence-electron chi connectivity index (χ3n) is 9.01. The molecule has 1 radical (unpaired) electrons. The van der Waals surface area contributed by atoms with Gasteiger partial charge >= 0.3 is 17.1 Å². The topological polar surface area (TPSA) is 115 Å². The second-order valence-electron chi connectivity index (χ2n) is 13.3. The smallest absolute Gasteiger partial charge is 0.341 e. The van der Waals surface area contributed by atoms with Crippen molar-refractivity contribution in [2.24, 2.45) is 0 Å². The van der Waals surface area contributed by atoms with Crippen LogP contribution in [0.15, 0.2) is 146 Å². The first kappa shape index (κ1) is 35.1. The average Bonchev–Trinajstić information content (AvgIpc) is 4.01. The normalized spacial score (nSPS) is 11.4. The zero-order valence-electron chi connectivity index (χ0n) is 28.9. The first-order valence-electron chi connectivity index (χ1n) is 16.7. The van der Waals surface area contributed by atoms with Crippen LogP contribution in [0.2, 0.25) is 0 Å². The second kappa shape index (κ2) is 15.0. The first-order valence-corrected chi connectivity index (χ1v) is 16.7. The van der Waals surface area contributed by atoms with Gasteiger partial charge in [0.25, 0.3) is 0 Å². The van der Waals surface area contributed by atoms with Crippen LogP contribution in [0.1, 0.15) is 51.0 Å². The molecule has 4 aromatic carbocycles. The molecule has 0 bridgehead atoms. The molecule has 8 nitrogen and oxygen atoms in total. The standard InChI is InChI=1S/2C21H20N4.Cu/c2*1-21(2,19-22-13-17(24-19)15-9-5-3-6-10-15)20-23-14-18(25-20)16-11-7-4-8-12-16;/h2*3-14H,1-2H3,(H,22,24)(H,23,25);/q;;+2. The number of hydrogen-bond acceptors (Lipinski definition) is 4. The van der Waals surface area contributed by atoms with Gasteiger partial charge in [-0.15, -0.1) is 0 Å². The van der Waals surface area contributed by atoms with Crippen LogP contribution in [-0.4, -0.2) is 39.9 Å². The van der Waals surface area contributed by atoms with Gasteiger partial charge in [0.15, 0.2) is 0 Å². The van der Waals surface area contributed by atoms with E-state index in [0.717, 1.165) is 68.3 Å². The minimum Gasteiger partial charge on any atom is -0.341 e. The first-order chi connectivity index (χ1) is 24.3. The third kappa shape index (κ3) is 7.55. The average molecular weight is 720 g/mol. The minimum absolute atomic E-state index is 0. The fourth-order valence-corrected chi connectivity index (χ4v) is 5.84. The molecule has 0 aliphatic rings. The molecule has 0 unspecified atom stereocenters. The summed E-state index contributed by atoms with van der Waals surface area (Å²) in [5, 5.41) is 0. The molecule has 8 rings (SSSR count). The van der Waals surface area contributed by atoms with Crippen LogP contribution >= 0.6 is 0 Å². The fraction of sp³-hybridized carbons (Fsp3) is 0.143. The molecular formula is C42H40CuN8+2. The molecule has 257 valence electrons. The number of aromatic amines is 4. The van der Waals surface area contributed by atoms with Crippen molar-refractivity contribution >= 4 is 0 Å². The Morgan fingerprint density at radius 3 is 0.725 bits per heavy atom. The number of rotatable bonds is 8. The Balaban J connectivity index is 0.000000172. The molecule has 4 aromatic heterocycles. The summed E-state index contributed by atoms with van der Waals surface area (Å²) in [5.74, 6) is 3.56. The van der Waals surface area contributed by atoms with Crippen LogP contribution in [0.25, 0.3) is 45.0 Å². The van der Waals surface area contributed by atoms with Crippen LogP contribution in [0.5, 0.6) is 0 Å². The van der Waals surface area contributed by atoms with Gasteiger partial charge in [0, 0.05) is 0 Å². The molecule has 0 aliphatic heterocycles. The summed E-state index contributed by atoms with van der Waals surface area (Å²) in [5.41, 5.74) is 7.86. The molecule has 0 aliphatic carbocycles. The van der Waals surface area contributed by atoms with Crippen molar-refractivity contribution in [1.29, 1.82) is 0 Å². The Morgan fingerprint density at radius 1 is 0.333 bits per heavy atom. The van der Waals surface area contributed by atoms with Crippen LogP contribution in [0, 0.1) is 0 Å². The van der Waals surface area contributed by atoms with Gasteiger partial charge in [-0.3, -0.25) is 0 Å². The number of H-pyrrole nitrogens is 4. The molecule has 0 saturated carbocycles. The molecule has 4 N–H and O–H groups in total. The number of benzene rings is 4. The van der Waals surface area contributed by atoms with Gasteiger partial charge in [0.1, 0.15) is 23.3 Å². The van der Waals surface area contributed by atoms with E-state index in [1.54, 1.807) is 0 Å². The number of nitrogens with one attached hydrogen (secondary N) is 4. The number of hydrogen-bond donors (Lipinski definition) is 4. The van der Waals surface area contributed by atoms with Gasteiger partial charge in [0.2, 0.25) is 0 Å². The van der Waals surface area contributed by atoms with Crippen LogP contribution in [-0.2, 0) is 27.9 Å². The molecule has 0 fully saturated rings. The van der Waals surface area contributed by atoms with Gasteiger partial charge < -0.3 is 19.9 Å². The van der Waals surface area contributed by atoms with Crippen LogP contribution in [0.4, 0.5) is 0 Å². The monoisotopic (exact) mass is 719 g/mol. The van der Waals surface area contributed by atoms with E-state index in [9.17, 15) is 0 Å². The SMILES string of the molecule is CC(C)(c1ncc(-c2ccccc2)[nH]1)c1ncc(-c2ccccc2)[nH]1.CC(C)(c1ncc(-c2ccccc2)[nH]1)c1ncc(-c2ccccc2)[nH]1.[Cu+2]. The third-order valence-corrected chi connectivity index (χ3v) is 9.01. The number of imidazole rings is 4. The summed E-state index contributed by atoms with van der Waals surface area (Å²) < 4.78 is 0. The van der Waals surface area contributed by atoms with Gasteiger partial charge in [-0.2, -0.15) is 0 Å². The van der Waals surface area contributed by atoms with Crippen LogP contribution < -0.4 is 0 Å². The Morgan fingerprint density at radius 2 is 0.529 bits per heavy atom. The Bertz CT molecular complexity index is 1940. The van der Waals surface area contributed by atoms with Crippen LogP contribution in [0.3, 0.4) is 0 Å². The Kier molecular flexibility index (Phi) is 10.3. The maximum Gasteiger partial charge on any atom is 2.00 e. The molecule has 0 saturated heterocycles. The van der Waals surface area contributed by atoms with E-state index in [1.807, 2.05) is 97.6 Å². The summed E-state index contributed by atoms with van der Waals surface area (Å²) >= 11 is 0. The summed E-state index contributed by atoms with van der Waals surface area (Å²) in [6.07, 6.45) is 7.53. The van der Waals surface area contributed by atoms with Gasteiger partial charge in [-0.1, -0.05) is 121 Å². The van der Waals surface area contributed by atoms with E-state index in [1.165, 1.54) is 0 Å². The molecule has 51 heavy (non-hydrogen) atoms. The zero-order chi connectivity index (χ0) is 34.6. The van der Waals surface area contributed by atoms with E-state index in [-0.39, 0.29) is 27.9 Å². The van der Waals surface area contributed by atoms with E-state index in [0.29, 0.717) is 0 Å². The molecule has 0 amide bonds. The van der Waals surface area contributed by atoms with Gasteiger partial charge in [0.05, 0.1) is 58.4 Å². The van der Waals surface area contributed by atoms with E-state index in [4.69, 9.17) is 0 Å². The van der Waals surface area contributed by atoms with E-state index >= 15 is 0 Å². The molecular weight excluding hydrogens is 680 g/mol. The van der Waals surface area contributed by atoms with E-state index < -0.39 is 0 Å². The second-order valence-corrected chi connectivity index (χ2v) is 13.3.